The molecule has 0 heterocycles. The van der Waals surface area contributed by atoms with Crippen LogP contribution in [0.4, 0.5) is 0 Å². The van der Waals surface area contributed by atoms with E-state index in [0.717, 1.165) is 5.56 Å². The van der Waals surface area contributed by atoms with Gasteiger partial charge in [-0.05, 0) is 31.2 Å². The zero-order valence-electron chi connectivity index (χ0n) is 9.73. The summed E-state index contributed by atoms with van der Waals surface area (Å²) in [5.41, 5.74) is 1.06. The molecule has 1 atom stereocenters. The fourth-order valence-electron chi connectivity index (χ4n) is 1.73. The number of hydrogen-bond donors (Lipinski definition) is 1. The molecular weight excluding hydrogens is 212 g/mol. The maximum absolute atomic E-state index is 11.0. The van der Waals surface area contributed by atoms with Crippen LogP contribution in [0.3, 0.4) is 0 Å². The molecule has 1 aromatic rings. The first-order valence-electron chi connectivity index (χ1n) is 5.57. The number of aliphatic hydroxyl groups is 1. The number of allylic oxidation sites excluding steroid dienone is 1. The van der Waals surface area contributed by atoms with Crippen molar-refractivity contribution in [3.63, 3.8) is 0 Å². The average Bonchev–Trinajstić information content (AvgIpc) is 2.62. The second kappa shape index (κ2) is 4.57. The number of ketones is 1. The summed E-state index contributed by atoms with van der Waals surface area (Å²) >= 11 is 0. The van der Waals surface area contributed by atoms with Crippen LogP contribution in [0, 0.1) is 18.8 Å². The molecule has 2 rings (SSSR count). The summed E-state index contributed by atoms with van der Waals surface area (Å²) in [6.07, 6.45) is 3.41. The van der Waals surface area contributed by atoms with Crippen LogP contribution in [0.2, 0.25) is 0 Å². The summed E-state index contributed by atoms with van der Waals surface area (Å²) in [7, 11) is 0. The van der Waals surface area contributed by atoms with E-state index in [9.17, 15) is 9.90 Å². The van der Waals surface area contributed by atoms with Crippen LogP contribution in [-0.2, 0) is 4.79 Å². The highest BCUT2D eigenvalue weighted by molar-refractivity contribution is 5.93. The second-order valence-corrected chi connectivity index (χ2v) is 4.42. The lowest BCUT2D eigenvalue weighted by molar-refractivity contribution is -0.116. The van der Waals surface area contributed by atoms with Crippen molar-refractivity contribution in [1.29, 1.82) is 0 Å². The SMILES string of the molecule is Cc1ccc(C#CCC2(O)C=CC(=O)C2)cc1. The highest BCUT2D eigenvalue weighted by Gasteiger charge is 2.30. The van der Waals surface area contributed by atoms with Gasteiger partial charge in [-0.25, -0.2) is 0 Å². The molecule has 0 saturated carbocycles. The Kier molecular flexibility index (Phi) is 3.12. The highest BCUT2D eigenvalue weighted by atomic mass is 16.3. The molecule has 2 heteroatoms. The predicted octanol–water partition coefficient (Wildman–Crippen LogP) is 2.00. The molecule has 1 aliphatic rings. The van der Waals surface area contributed by atoms with Crippen molar-refractivity contribution < 1.29 is 9.90 Å². The van der Waals surface area contributed by atoms with Gasteiger partial charge in [-0.3, -0.25) is 4.79 Å². The van der Waals surface area contributed by atoms with Gasteiger partial charge in [0.1, 0.15) is 5.60 Å². The maximum Gasteiger partial charge on any atom is 0.158 e. The lowest BCUT2D eigenvalue weighted by Crippen LogP contribution is -2.23. The van der Waals surface area contributed by atoms with Crippen LogP contribution >= 0.6 is 0 Å². The van der Waals surface area contributed by atoms with Crippen molar-refractivity contribution >= 4 is 5.78 Å². The van der Waals surface area contributed by atoms with Crippen molar-refractivity contribution in [3.8, 4) is 11.8 Å². The Morgan fingerprint density at radius 1 is 1.35 bits per heavy atom. The van der Waals surface area contributed by atoms with Crippen molar-refractivity contribution in [2.45, 2.75) is 25.4 Å². The molecule has 0 radical (unpaired) electrons. The Labute approximate surface area is 101 Å². The largest absolute Gasteiger partial charge is 0.384 e. The van der Waals surface area contributed by atoms with Crippen molar-refractivity contribution in [2.24, 2.45) is 0 Å². The van der Waals surface area contributed by atoms with E-state index in [-0.39, 0.29) is 12.2 Å². The number of benzene rings is 1. The number of hydrogen-bond acceptors (Lipinski definition) is 2. The van der Waals surface area contributed by atoms with Crippen LogP contribution in [0.1, 0.15) is 24.0 Å². The number of carbonyl (C=O) groups is 1. The molecule has 0 aliphatic heterocycles. The first-order chi connectivity index (χ1) is 8.07. The van der Waals surface area contributed by atoms with E-state index in [2.05, 4.69) is 11.8 Å². The molecule has 0 saturated heterocycles. The molecule has 17 heavy (non-hydrogen) atoms. The Bertz CT molecular complexity index is 514. The normalized spacial score (nSPS) is 22.4. The fourth-order valence-corrected chi connectivity index (χ4v) is 1.73. The predicted molar refractivity (Wildman–Crippen MR) is 66.4 cm³/mol. The van der Waals surface area contributed by atoms with Gasteiger partial charge in [-0.15, -0.1) is 0 Å². The molecule has 2 nitrogen and oxygen atoms in total. The molecule has 1 unspecified atom stereocenters. The molecule has 86 valence electrons. The van der Waals surface area contributed by atoms with E-state index in [1.54, 1.807) is 6.08 Å². The molecule has 0 aromatic heterocycles. The fraction of sp³-hybridized carbons (Fsp3) is 0.267. The van der Waals surface area contributed by atoms with Crippen molar-refractivity contribution in [1.82, 2.24) is 0 Å². The van der Waals surface area contributed by atoms with E-state index in [0.29, 0.717) is 6.42 Å². The van der Waals surface area contributed by atoms with Crippen LogP contribution in [0.5, 0.6) is 0 Å². The summed E-state index contributed by atoms with van der Waals surface area (Å²) < 4.78 is 0. The molecule has 1 aliphatic carbocycles. The van der Waals surface area contributed by atoms with Crippen LogP contribution in [0.15, 0.2) is 36.4 Å². The summed E-state index contributed by atoms with van der Waals surface area (Å²) in [5.74, 6) is 5.87. The third-order valence-electron chi connectivity index (χ3n) is 2.74. The van der Waals surface area contributed by atoms with E-state index >= 15 is 0 Å². The molecule has 0 bridgehead atoms. The monoisotopic (exact) mass is 226 g/mol. The standard InChI is InChI=1S/C15H14O2/c1-12-4-6-13(7-5-12)3-2-9-15(17)10-8-14(16)11-15/h4-8,10,17H,9,11H2,1H3. The van der Waals surface area contributed by atoms with Gasteiger partial charge in [0.05, 0.1) is 0 Å². The van der Waals surface area contributed by atoms with Gasteiger partial charge in [0.2, 0.25) is 0 Å². The second-order valence-electron chi connectivity index (χ2n) is 4.42. The van der Waals surface area contributed by atoms with Gasteiger partial charge in [-0.2, -0.15) is 0 Å². The number of rotatable bonds is 1. The third kappa shape index (κ3) is 3.05. The molecule has 0 spiro atoms. The topological polar surface area (TPSA) is 37.3 Å². The van der Waals surface area contributed by atoms with E-state index < -0.39 is 5.60 Å². The first-order valence-corrected chi connectivity index (χ1v) is 5.57. The van der Waals surface area contributed by atoms with Gasteiger partial charge in [0.25, 0.3) is 0 Å². The van der Waals surface area contributed by atoms with Gasteiger partial charge < -0.3 is 5.11 Å². The Morgan fingerprint density at radius 3 is 2.65 bits per heavy atom. The highest BCUT2D eigenvalue weighted by Crippen LogP contribution is 2.23. The molecule has 1 N–H and O–H groups in total. The summed E-state index contributed by atoms with van der Waals surface area (Å²) in [6, 6.07) is 7.89. The zero-order valence-corrected chi connectivity index (χ0v) is 9.73. The minimum atomic E-state index is -1.06. The molecule has 0 fully saturated rings. The Hall–Kier alpha value is -1.85. The number of carbonyl (C=O) groups excluding carboxylic acids is 1. The third-order valence-corrected chi connectivity index (χ3v) is 2.74. The lowest BCUT2D eigenvalue weighted by Gasteiger charge is -2.14. The quantitative estimate of drug-likeness (QED) is 0.744. The molecule has 0 amide bonds. The van der Waals surface area contributed by atoms with Gasteiger partial charge in [0, 0.05) is 18.4 Å². The minimum Gasteiger partial charge on any atom is -0.384 e. The van der Waals surface area contributed by atoms with Gasteiger partial charge in [-0.1, -0.05) is 29.5 Å². The molecule has 1 aromatic carbocycles. The summed E-state index contributed by atoms with van der Waals surface area (Å²) in [4.78, 5) is 11.0. The Morgan fingerprint density at radius 2 is 2.06 bits per heavy atom. The summed E-state index contributed by atoms with van der Waals surface area (Å²) in [6.45, 7) is 2.02. The molecular formula is C15H14O2. The first kappa shape index (κ1) is 11.6. The van der Waals surface area contributed by atoms with Crippen molar-refractivity contribution in [3.05, 3.63) is 47.5 Å². The zero-order chi connectivity index (χ0) is 12.3. The Balaban J connectivity index is 2.01. The van der Waals surface area contributed by atoms with E-state index in [1.165, 1.54) is 11.6 Å². The smallest absolute Gasteiger partial charge is 0.158 e. The van der Waals surface area contributed by atoms with Crippen LogP contribution in [0.25, 0.3) is 0 Å². The van der Waals surface area contributed by atoms with Crippen LogP contribution < -0.4 is 0 Å². The van der Waals surface area contributed by atoms with E-state index in [1.807, 2.05) is 31.2 Å². The van der Waals surface area contributed by atoms with Crippen molar-refractivity contribution in [2.75, 3.05) is 0 Å². The minimum absolute atomic E-state index is 0.0374. The average molecular weight is 226 g/mol. The van der Waals surface area contributed by atoms with Gasteiger partial charge in [0.15, 0.2) is 5.78 Å². The maximum atomic E-state index is 11.0. The van der Waals surface area contributed by atoms with E-state index in [4.69, 9.17) is 0 Å². The van der Waals surface area contributed by atoms with Gasteiger partial charge >= 0.3 is 0 Å². The lowest BCUT2D eigenvalue weighted by atomic mass is 9.99. The number of aryl methyl sites for hydroxylation is 1. The van der Waals surface area contributed by atoms with Crippen LogP contribution in [-0.4, -0.2) is 16.5 Å². The summed E-state index contributed by atoms with van der Waals surface area (Å²) in [5, 5.41) is 9.97.